The van der Waals surface area contributed by atoms with E-state index in [2.05, 4.69) is 15.3 Å². The molecule has 1 atom stereocenters. The first-order chi connectivity index (χ1) is 8.18. The average Bonchev–Trinajstić information content (AvgIpc) is 2.76. The molecular formula is C12H13N3OS. The zero-order valence-corrected chi connectivity index (χ0v) is 10.5. The maximum Gasteiger partial charge on any atom is 0.263 e. The van der Waals surface area contributed by atoms with Crippen LogP contribution < -0.4 is 5.32 Å². The molecule has 4 nitrogen and oxygen atoms in total. The zero-order valence-electron chi connectivity index (χ0n) is 9.68. The van der Waals surface area contributed by atoms with Crippen LogP contribution in [-0.2, 0) is 0 Å². The third kappa shape index (κ3) is 2.68. The van der Waals surface area contributed by atoms with Gasteiger partial charge in [-0.05, 0) is 25.5 Å². The molecule has 0 saturated carbocycles. The lowest BCUT2D eigenvalue weighted by Crippen LogP contribution is -2.26. The molecule has 0 saturated heterocycles. The summed E-state index contributed by atoms with van der Waals surface area (Å²) in [6.07, 6.45) is 3.47. The van der Waals surface area contributed by atoms with Gasteiger partial charge in [0.05, 0.1) is 17.2 Å². The average molecular weight is 247 g/mol. The highest BCUT2D eigenvalue weighted by atomic mass is 32.1. The Balaban J connectivity index is 2.08. The van der Waals surface area contributed by atoms with Crippen LogP contribution in [0.2, 0.25) is 0 Å². The van der Waals surface area contributed by atoms with Gasteiger partial charge in [-0.15, -0.1) is 11.3 Å². The van der Waals surface area contributed by atoms with Gasteiger partial charge in [0.25, 0.3) is 5.91 Å². The number of carbonyl (C=O) groups is 1. The lowest BCUT2D eigenvalue weighted by Gasteiger charge is -2.13. The number of thiazole rings is 1. The molecule has 2 heterocycles. The number of hydrogen-bond acceptors (Lipinski definition) is 4. The van der Waals surface area contributed by atoms with E-state index in [0.29, 0.717) is 4.88 Å². The quantitative estimate of drug-likeness (QED) is 0.905. The molecule has 0 radical (unpaired) electrons. The summed E-state index contributed by atoms with van der Waals surface area (Å²) in [5, 5.41) is 2.93. The number of pyridine rings is 1. The minimum Gasteiger partial charge on any atom is -0.345 e. The van der Waals surface area contributed by atoms with Crippen LogP contribution in [0.5, 0.6) is 0 Å². The van der Waals surface area contributed by atoms with E-state index in [0.717, 1.165) is 11.3 Å². The normalized spacial score (nSPS) is 12.1. The molecule has 0 aromatic carbocycles. The van der Waals surface area contributed by atoms with Crippen LogP contribution in [0.15, 0.2) is 30.0 Å². The molecule has 0 aliphatic heterocycles. The van der Waals surface area contributed by atoms with Crippen molar-refractivity contribution in [2.75, 3.05) is 0 Å². The summed E-state index contributed by atoms with van der Waals surface area (Å²) in [5.74, 6) is -0.0821. The van der Waals surface area contributed by atoms with Crippen LogP contribution in [0, 0.1) is 6.92 Å². The van der Waals surface area contributed by atoms with Gasteiger partial charge in [0.2, 0.25) is 0 Å². The van der Waals surface area contributed by atoms with Gasteiger partial charge < -0.3 is 5.32 Å². The van der Waals surface area contributed by atoms with Crippen LogP contribution >= 0.6 is 11.3 Å². The first-order valence-electron chi connectivity index (χ1n) is 5.29. The summed E-state index contributed by atoms with van der Waals surface area (Å²) >= 11 is 1.36. The van der Waals surface area contributed by atoms with Gasteiger partial charge in [-0.25, -0.2) is 4.98 Å². The van der Waals surface area contributed by atoms with Gasteiger partial charge in [0.1, 0.15) is 4.88 Å². The lowest BCUT2D eigenvalue weighted by atomic mass is 10.1. The van der Waals surface area contributed by atoms with Crippen molar-refractivity contribution in [3.63, 3.8) is 0 Å². The van der Waals surface area contributed by atoms with Crippen LogP contribution in [-0.4, -0.2) is 15.9 Å². The highest BCUT2D eigenvalue weighted by Gasteiger charge is 2.15. The molecule has 1 amide bonds. The molecule has 2 aromatic rings. The predicted octanol–water partition coefficient (Wildman–Crippen LogP) is 2.34. The summed E-state index contributed by atoms with van der Waals surface area (Å²) < 4.78 is 0. The maximum absolute atomic E-state index is 11.9. The van der Waals surface area contributed by atoms with E-state index >= 15 is 0 Å². The maximum atomic E-state index is 11.9. The number of aromatic nitrogens is 2. The Labute approximate surface area is 104 Å². The Morgan fingerprint density at radius 2 is 2.35 bits per heavy atom. The van der Waals surface area contributed by atoms with Crippen molar-refractivity contribution in [2.45, 2.75) is 19.9 Å². The highest BCUT2D eigenvalue weighted by Crippen LogP contribution is 2.15. The molecule has 0 aliphatic rings. The molecule has 0 bridgehead atoms. The number of hydrogen-bond donors (Lipinski definition) is 1. The minimum atomic E-state index is -0.0821. The second kappa shape index (κ2) is 5.05. The highest BCUT2D eigenvalue weighted by molar-refractivity contribution is 7.11. The molecule has 2 rings (SSSR count). The third-order valence-corrected chi connectivity index (χ3v) is 3.41. The fourth-order valence-corrected chi connectivity index (χ4v) is 2.20. The number of nitrogens with zero attached hydrogens (tertiary/aromatic N) is 2. The topological polar surface area (TPSA) is 54.9 Å². The fraction of sp³-hybridized carbons (Fsp3) is 0.250. The minimum absolute atomic E-state index is 0.0577. The van der Waals surface area contributed by atoms with Crippen LogP contribution in [0.25, 0.3) is 0 Å². The Bertz CT molecular complexity index is 509. The molecular weight excluding hydrogens is 234 g/mol. The van der Waals surface area contributed by atoms with Crippen molar-refractivity contribution >= 4 is 17.2 Å². The molecule has 1 unspecified atom stereocenters. The largest absolute Gasteiger partial charge is 0.345 e. The molecule has 17 heavy (non-hydrogen) atoms. The van der Waals surface area contributed by atoms with Crippen molar-refractivity contribution < 1.29 is 4.79 Å². The third-order valence-electron chi connectivity index (χ3n) is 2.48. The molecule has 1 N–H and O–H groups in total. The van der Waals surface area contributed by atoms with Gasteiger partial charge in [-0.3, -0.25) is 9.78 Å². The Kier molecular flexibility index (Phi) is 3.49. The first-order valence-corrected chi connectivity index (χ1v) is 6.17. The fourth-order valence-electron chi connectivity index (χ4n) is 1.50. The molecule has 0 fully saturated rings. The van der Waals surface area contributed by atoms with Crippen molar-refractivity contribution in [1.82, 2.24) is 15.3 Å². The van der Waals surface area contributed by atoms with Gasteiger partial charge >= 0.3 is 0 Å². The van der Waals surface area contributed by atoms with E-state index in [1.165, 1.54) is 11.3 Å². The van der Waals surface area contributed by atoms with E-state index in [9.17, 15) is 4.79 Å². The number of carbonyl (C=O) groups excluding carboxylic acids is 1. The zero-order chi connectivity index (χ0) is 12.3. The molecule has 0 spiro atoms. The molecule has 0 aliphatic carbocycles. The number of aryl methyl sites for hydroxylation is 1. The SMILES string of the molecule is Cc1ncsc1C(=O)NC(C)c1cccnc1. The Morgan fingerprint density at radius 1 is 1.53 bits per heavy atom. The second-order valence-electron chi connectivity index (χ2n) is 3.75. The van der Waals surface area contributed by atoms with E-state index in [4.69, 9.17) is 0 Å². The monoisotopic (exact) mass is 247 g/mol. The van der Waals surface area contributed by atoms with Crippen LogP contribution in [0.1, 0.15) is 33.9 Å². The first kappa shape index (κ1) is 11.7. The van der Waals surface area contributed by atoms with Crippen molar-refractivity contribution in [3.05, 3.63) is 46.2 Å². The van der Waals surface area contributed by atoms with E-state index in [1.54, 1.807) is 17.9 Å². The van der Waals surface area contributed by atoms with Gasteiger partial charge in [-0.2, -0.15) is 0 Å². The van der Waals surface area contributed by atoms with Crippen molar-refractivity contribution in [3.8, 4) is 0 Å². The number of amides is 1. The molecule has 5 heteroatoms. The standard InChI is InChI=1S/C12H13N3OS/c1-8(10-4-3-5-13-6-10)15-12(16)11-9(2)14-7-17-11/h3-8H,1-2H3,(H,15,16). The van der Waals surface area contributed by atoms with Gasteiger partial charge in [-0.1, -0.05) is 6.07 Å². The predicted molar refractivity (Wildman–Crippen MR) is 67.0 cm³/mol. The van der Waals surface area contributed by atoms with Gasteiger partial charge in [0, 0.05) is 12.4 Å². The van der Waals surface area contributed by atoms with E-state index in [1.807, 2.05) is 26.0 Å². The lowest BCUT2D eigenvalue weighted by molar-refractivity contribution is 0.0943. The summed E-state index contributed by atoms with van der Waals surface area (Å²) in [6.45, 7) is 3.77. The second-order valence-corrected chi connectivity index (χ2v) is 4.60. The number of rotatable bonds is 3. The van der Waals surface area contributed by atoms with Gasteiger partial charge in [0.15, 0.2) is 0 Å². The summed E-state index contributed by atoms with van der Waals surface area (Å²) in [5.41, 5.74) is 3.44. The van der Waals surface area contributed by atoms with E-state index < -0.39 is 0 Å². The summed E-state index contributed by atoms with van der Waals surface area (Å²) in [6, 6.07) is 3.74. The Morgan fingerprint density at radius 3 is 2.94 bits per heavy atom. The van der Waals surface area contributed by atoms with Crippen molar-refractivity contribution in [2.24, 2.45) is 0 Å². The number of nitrogens with one attached hydrogen (secondary N) is 1. The van der Waals surface area contributed by atoms with E-state index in [-0.39, 0.29) is 11.9 Å². The molecule has 88 valence electrons. The van der Waals surface area contributed by atoms with Crippen LogP contribution in [0.3, 0.4) is 0 Å². The van der Waals surface area contributed by atoms with Crippen LogP contribution in [0.4, 0.5) is 0 Å². The summed E-state index contributed by atoms with van der Waals surface area (Å²) in [4.78, 5) is 20.7. The van der Waals surface area contributed by atoms with Crippen molar-refractivity contribution in [1.29, 1.82) is 0 Å². The smallest absolute Gasteiger partial charge is 0.263 e. The molecule has 2 aromatic heterocycles. The Hall–Kier alpha value is -1.75. The summed E-state index contributed by atoms with van der Waals surface area (Å²) in [7, 11) is 0.